The van der Waals surface area contributed by atoms with E-state index < -0.39 is 0 Å². The fourth-order valence-corrected chi connectivity index (χ4v) is 2.47. The number of rotatable bonds is 7. The summed E-state index contributed by atoms with van der Waals surface area (Å²) in [4.78, 5) is 26.3. The molecule has 1 fully saturated rings. The molecule has 9 nitrogen and oxygen atoms in total. The highest BCUT2D eigenvalue weighted by atomic mass is 16.2. The van der Waals surface area contributed by atoms with Crippen molar-refractivity contribution in [3.05, 3.63) is 25.0 Å². The van der Waals surface area contributed by atoms with Crippen LogP contribution in [0.15, 0.2) is 25.0 Å². The highest BCUT2D eigenvalue weighted by Crippen LogP contribution is 2.18. The van der Waals surface area contributed by atoms with Crippen molar-refractivity contribution in [3.8, 4) is 0 Å². The molecule has 1 aliphatic heterocycles. The summed E-state index contributed by atoms with van der Waals surface area (Å²) in [6.45, 7) is 3.38. The van der Waals surface area contributed by atoms with Crippen molar-refractivity contribution < 1.29 is 4.79 Å². The van der Waals surface area contributed by atoms with Gasteiger partial charge in [0.25, 0.3) is 0 Å². The third kappa shape index (κ3) is 4.38. The minimum Gasteiger partial charge on any atom is -0.368 e. The lowest BCUT2D eigenvalue weighted by Crippen LogP contribution is -2.32. The van der Waals surface area contributed by atoms with Crippen molar-refractivity contribution in [2.45, 2.75) is 19.4 Å². The predicted molar refractivity (Wildman–Crippen MR) is 85.0 cm³/mol. The van der Waals surface area contributed by atoms with Crippen LogP contribution in [0.3, 0.4) is 0 Å². The van der Waals surface area contributed by atoms with E-state index in [2.05, 4.69) is 35.6 Å². The molecule has 9 heteroatoms. The van der Waals surface area contributed by atoms with E-state index in [1.54, 1.807) is 6.33 Å². The number of nitrogens with zero attached hydrogens (tertiary/aromatic N) is 6. The molecule has 0 aromatic carbocycles. The van der Waals surface area contributed by atoms with E-state index in [9.17, 15) is 4.79 Å². The summed E-state index contributed by atoms with van der Waals surface area (Å²) < 4.78 is 1.48. The van der Waals surface area contributed by atoms with Crippen molar-refractivity contribution in [1.82, 2.24) is 30.0 Å². The molecule has 23 heavy (non-hydrogen) atoms. The number of carbonyl (C=O) groups excluding carboxylic acids is 1. The van der Waals surface area contributed by atoms with Gasteiger partial charge in [0, 0.05) is 32.2 Å². The van der Waals surface area contributed by atoms with Crippen LogP contribution < -0.4 is 15.5 Å². The van der Waals surface area contributed by atoms with Gasteiger partial charge >= 0.3 is 0 Å². The molecular weight excluding hydrogens is 296 g/mol. The molecule has 2 aromatic rings. The number of carbonyl (C=O) groups is 1. The Balaban J connectivity index is 1.40. The number of amides is 1. The van der Waals surface area contributed by atoms with E-state index in [4.69, 9.17) is 0 Å². The zero-order chi connectivity index (χ0) is 15.9. The second kappa shape index (κ2) is 7.52. The van der Waals surface area contributed by atoms with Crippen molar-refractivity contribution in [1.29, 1.82) is 0 Å². The molecule has 3 rings (SSSR count). The minimum atomic E-state index is -0.0993. The van der Waals surface area contributed by atoms with Crippen molar-refractivity contribution in [2.24, 2.45) is 0 Å². The maximum atomic E-state index is 11.7. The molecule has 2 N–H and O–H groups in total. The van der Waals surface area contributed by atoms with Gasteiger partial charge in [0.05, 0.1) is 0 Å². The van der Waals surface area contributed by atoms with Crippen molar-refractivity contribution in [2.75, 3.05) is 36.4 Å². The number of hydrogen-bond acceptors (Lipinski definition) is 7. The maximum Gasteiger partial charge on any atom is 0.241 e. The van der Waals surface area contributed by atoms with Crippen LogP contribution in [0, 0.1) is 0 Å². The molecule has 0 atom stereocenters. The standard InChI is InChI=1S/C14H20N8O/c23-14(8-22-11-15-9-20-22)17-4-3-16-12-7-13(19-10-18-12)21-5-1-2-6-21/h7,9-11H,1-6,8H2,(H,17,23)(H,16,18,19). The van der Waals surface area contributed by atoms with E-state index >= 15 is 0 Å². The number of nitrogens with one attached hydrogen (secondary N) is 2. The summed E-state index contributed by atoms with van der Waals surface area (Å²) in [5, 5.41) is 9.90. The van der Waals surface area contributed by atoms with Gasteiger partial charge in [-0.05, 0) is 12.8 Å². The number of anilines is 2. The first kappa shape index (κ1) is 15.2. The van der Waals surface area contributed by atoms with Gasteiger partial charge in [-0.25, -0.2) is 19.6 Å². The fourth-order valence-electron chi connectivity index (χ4n) is 2.47. The average Bonchev–Trinajstić information content (AvgIpc) is 3.25. The highest BCUT2D eigenvalue weighted by molar-refractivity contribution is 5.75. The van der Waals surface area contributed by atoms with Gasteiger partial charge in [0.2, 0.25) is 5.91 Å². The van der Waals surface area contributed by atoms with Gasteiger partial charge in [0.15, 0.2) is 0 Å². The molecule has 0 radical (unpaired) electrons. The molecule has 0 aliphatic carbocycles. The largest absolute Gasteiger partial charge is 0.368 e. The summed E-state index contributed by atoms with van der Waals surface area (Å²) >= 11 is 0. The second-order valence-corrected chi connectivity index (χ2v) is 5.33. The molecule has 0 saturated carbocycles. The molecule has 0 bridgehead atoms. The van der Waals surface area contributed by atoms with Crippen LogP contribution in [-0.4, -0.2) is 56.8 Å². The smallest absolute Gasteiger partial charge is 0.241 e. The van der Waals surface area contributed by atoms with E-state index in [1.807, 2.05) is 6.07 Å². The lowest BCUT2D eigenvalue weighted by Gasteiger charge is -2.16. The number of hydrogen-bond donors (Lipinski definition) is 2. The van der Waals surface area contributed by atoms with E-state index in [0.29, 0.717) is 13.1 Å². The first-order chi connectivity index (χ1) is 11.3. The van der Waals surface area contributed by atoms with Crippen LogP contribution in [0.4, 0.5) is 11.6 Å². The Bertz CT molecular complexity index is 623. The zero-order valence-corrected chi connectivity index (χ0v) is 12.9. The van der Waals surface area contributed by atoms with E-state index in [1.165, 1.54) is 30.2 Å². The Labute approximate surface area is 134 Å². The Morgan fingerprint density at radius 3 is 2.83 bits per heavy atom. The first-order valence-corrected chi connectivity index (χ1v) is 7.71. The van der Waals surface area contributed by atoms with Crippen LogP contribution in [0.25, 0.3) is 0 Å². The lowest BCUT2D eigenvalue weighted by atomic mass is 10.4. The van der Waals surface area contributed by atoms with Crippen LogP contribution in [-0.2, 0) is 11.3 Å². The summed E-state index contributed by atoms with van der Waals surface area (Å²) in [5.41, 5.74) is 0. The molecule has 0 unspecified atom stereocenters. The molecule has 1 amide bonds. The van der Waals surface area contributed by atoms with Crippen LogP contribution in [0.1, 0.15) is 12.8 Å². The summed E-state index contributed by atoms with van der Waals surface area (Å²) in [7, 11) is 0. The van der Waals surface area contributed by atoms with E-state index in [0.717, 1.165) is 24.7 Å². The molecule has 1 saturated heterocycles. The van der Waals surface area contributed by atoms with Gasteiger partial charge in [-0.2, -0.15) is 5.10 Å². The van der Waals surface area contributed by atoms with E-state index in [-0.39, 0.29) is 12.5 Å². The van der Waals surface area contributed by atoms with Gasteiger partial charge in [0.1, 0.15) is 37.2 Å². The highest BCUT2D eigenvalue weighted by Gasteiger charge is 2.13. The Hall–Kier alpha value is -2.71. The summed E-state index contributed by atoms with van der Waals surface area (Å²) in [6.07, 6.45) is 6.91. The Kier molecular flexibility index (Phi) is 4.97. The summed E-state index contributed by atoms with van der Waals surface area (Å²) in [6, 6.07) is 1.95. The molecular formula is C14H20N8O. The van der Waals surface area contributed by atoms with Crippen molar-refractivity contribution in [3.63, 3.8) is 0 Å². The molecule has 2 aromatic heterocycles. The quantitative estimate of drug-likeness (QED) is 0.688. The van der Waals surface area contributed by atoms with Gasteiger partial charge in [-0.3, -0.25) is 4.79 Å². The summed E-state index contributed by atoms with van der Waals surface area (Å²) in [5.74, 6) is 1.63. The topological polar surface area (TPSA) is 101 Å². The van der Waals surface area contributed by atoms with Crippen LogP contribution in [0.5, 0.6) is 0 Å². The third-order valence-corrected chi connectivity index (χ3v) is 3.61. The van der Waals surface area contributed by atoms with Crippen LogP contribution in [0.2, 0.25) is 0 Å². The van der Waals surface area contributed by atoms with Crippen molar-refractivity contribution >= 4 is 17.5 Å². The normalized spacial score (nSPS) is 14.0. The molecule has 1 aliphatic rings. The van der Waals surface area contributed by atoms with Gasteiger partial charge in [-0.1, -0.05) is 0 Å². The third-order valence-electron chi connectivity index (χ3n) is 3.61. The minimum absolute atomic E-state index is 0.0993. The van der Waals surface area contributed by atoms with Gasteiger partial charge in [-0.15, -0.1) is 0 Å². The van der Waals surface area contributed by atoms with Gasteiger partial charge < -0.3 is 15.5 Å². The predicted octanol–water partition coefficient (Wildman–Crippen LogP) is -0.103. The van der Waals surface area contributed by atoms with Crippen LogP contribution >= 0.6 is 0 Å². The molecule has 0 spiro atoms. The fraction of sp³-hybridized carbons (Fsp3) is 0.500. The Morgan fingerprint density at radius 1 is 1.17 bits per heavy atom. The maximum absolute atomic E-state index is 11.7. The Morgan fingerprint density at radius 2 is 2.04 bits per heavy atom. The SMILES string of the molecule is O=C(Cn1cncn1)NCCNc1cc(N2CCCC2)ncn1. The number of aromatic nitrogens is 5. The average molecular weight is 316 g/mol. The zero-order valence-electron chi connectivity index (χ0n) is 12.9. The monoisotopic (exact) mass is 316 g/mol. The first-order valence-electron chi connectivity index (χ1n) is 7.71. The lowest BCUT2D eigenvalue weighted by molar-refractivity contribution is -0.121. The molecule has 3 heterocycles. The second-order valence-electron chi connectivity index (χ2n) is 5.33. The molecule has 122 valence electrons.